The van der Waals surface area contributed by atoms with Gasteiger partial charge in [-0.2, -0.15) is 0 Å². The van der Waals surface area contributed by atoms with Crippen molar-refractivity contribution in [1.82, 2.24) is 15.5 Å². The summed E-state index contributed by atoms with van der Waals surface area (Å²) >= 11 is 0. The van der Waals surface area contributed by atoms with E-state index in [9.17, 15) is 19.2 Å². The first-order valence-corrected chi connectivity index (χ1v) is 10.8. The molecule has 1 heterocycles. The maximum atomic E-state index is 12.5. The van der Waals surface area contributed by atoms with Crippen molar-refractivity contribution >= 4 is 23.8 Å². The minimum atomic E-state index is -0.736. The summed E-state index contributed by atoms with van der Waals surface area (Å²) in [6.07, 6.45) is 3.11. The molecule has 4 amide bonds. The highest BCUT2D eigenvalue weighted by Gasteiger charge is 2.29. The fraction of sp³-hybridized carbons (Fsp3) is 0.565. The van der Waals surface area contributed by atoms with E-state index in [1.165, 1.54) is 12.1 Å². The van der Waals surface area contributed by atoms with Crippen LogP contribution < -0.4 is 15.4 Å². The van der Waals surface area contributed by atoms with Crippen molar-refractivity contribution in [1.29, 1.82) is 0 Å². The van der Waals surface area contributed by atoms with Gasteiger partial charge in [0.1, 0.15) is 5.75 Å². The van der Waals surface area contributed by atoms with E-state index in [-0.39, 0.29) is 30.2 Å². The van der Waals surface area contributed by atoms with Gasteiger partial charge < -0.3 is 19.7 Å². The van der Waals surface area contributed by atoms with Crippen molar-refractivity contribution < 1.29 is 28.7 Å². The smallest absolute Gasteiger partial charge is 0.338 e. The Bertz CT molecular complexity index is 821. The van der Waals surface area contributed by atoms with Crippen molar-refractivity contribution in [2.45, 2.75) is 71.5 Å². The molecule has 9 nitrogen and oxygen atoms in total. The van der Waals surface area contributed by atoms with Gasteiger partial charge in [-0.3, -0.25) is 14.9 Å². The third-order valence-electron chi connectivity index (χ3n) is 5.01. The van der Waals surface area contributed by atoms with Crippen molar-refractivity contribution in [3.8, 4) is 5.75 Å². The molecule has 0 saturated carbocycles. The number of urea groups is 1. The third kappa shape index (κ3) is 7.86. The lowest BCUT2D eigenvalue weighted by molar-refractivity contribution is -0.139. The third-order valence-corrected chi connectivity index (χ3v) is 5.01. The summed E-state index contributed by atoms with van der Waals surface area (Å²) < 4.78 is 10.5. The number of benzene rings is 1. The number of nitrogens with zero attached hydrogens (tertiary/aromatic N) is 1. The van der Waals surface area contributed by atoms with E-state index in [1.807, 2.05) is 18.7 Å². The minimum absolute atomic E-state index is 0.0605. The molecular weight excluding hydrogens is 414 g/mol. The molecule has 176 valence electrons. The average Bonchev–Trinajstić information content (AvgIpc) is 2.69. The number of amides is 4. The topological polar surface area (TPSA) is 114 Å². The molecule has 2 N–H and O–H groups in total. The zero-order valence-corrected chi connectivity index (χ0v) is 19.4. The van der Waals surface area contributed by atoms with Crippen LogP contribution in [0.2, 0.25) is 0 Å². The number of hydrogen-bond donors (Lipinski definition) is 2. The number of rotatable bonds is 6. The Labute approximate surface area is 188 Å². The van der Waals surface area contributed by atoms with Gasteiger partial charge >= 0.3 is 12.0 Å². The summed E-state index contributed by atoms with van der Waals surface area (Å²) in [5, 5.41) is 4.66. The van der Waals surface area contributed by atoms with Crippen molar-refractivity contribution in [2.24, 2.45) is 0 Å². The number of likely N-dealkylation sites (tertiary alicyclic amines) is 1. The van der Waals surface area contributed by atoms with Gasteiger partial charge in [0.15, 0.2) is 13.2 Å². The number of piperidine rings is 1. The highest BCUT2D eigenvalue weighted by atomic mass is 16.5. The average molecular weight is 448 g/mol. The molecule has 1 aliphatic rings. The Hall–Kier alpha value is -3.10. The standard InChI is InChI=1S/C23H33N3O6/c1-15-7-6-8-16(2)26(15)20(28)14-31-18-11-9-17(10-12-18)21(29)32-13-19(27)24-22(30)25-23(3,4)5/h9-12,15-16H,6-8,13-14H2,1-5H3,(H2,24,25,27,30)/t15-,16-/m0/s1. The number of carbonyl (C=O) groups excluding carboxylic acids is 4. The molecule has 0 unspecified atom stereocenters. The summed E-state index contributed by atoms with van der Waals surface area (Å²) in [6.45, 7) is 8.75. The lowest BCUT2D eigenvalue weighted by atomic mass is 9.97. The first-order valence-electron chi connectivity index (χ1n) is 10.8. The predicted molar refractivity (Wildman–Crippen MR) is 118 cm³/mol. The molecule has 0 spiro atoms. The number of imide groups is 1. The SMILES string of the molecule is C[C@H]1CCC[C@H](C)N1C(=O)COc1ccc(C(=O)OCC(=O)NC(=O)NC(C)(C)C)cc1. The number of esters is 1. The molecule has 0 aromatic heterocycles. The maximum absolute atomic E-state index is 12.5. The fourth-order valence-corrected chi connectivity index (χ4v) is 3.57. The number of carbonyl (C=O) groups is 4. The van der Waals surface area contributed by atoms with Gasteiger partial charge in [0.05, 0.1) is 5.56 Å². The van der Waals surface area contributed by atoms with Gasteiger partial charge in [-0.1, -0.05) is 0 Å². The van der Waals surface area contributed by atoms with Crippen LogP contribution in [0.5, 0.6) is 5.75 Å². The van der Waals surface area contributed by atoms with Gasteiger partial charge in [0, 0.05) is 17.6 Å². The van der Waals surface area contributed by atoms with Crippen LogP contribution >= 0.6 is 0 Å². The Morgan fingerprint density at radius 1 is 1.00 bits per heavy atom. The second kappa shape index (κ2) is 11.0. The summed E-state index contributed by atoms with van der Waals surface area (Å²) in [4.78, 5) is 49.9. The zero-order valence-electron chi connectivity index (χ0n) is 19.4. The Morgan fingerprint density at radius 3 is 2.16 bits per heavy atom. The number of ether oxygens (including phenoxy) is 2. The molecule has 9 heteroatoms. The molecule has 0 radical (unpaired) electrons. The van der Waals surface area contributed by atoms with Crippen molar-refractivity contribution in [3.63, 3.8) is 0 Å². The molecule has 1 saturated heterocycles. The Balaban J connectivity index is 1.79. The lowest BCUT2D eigenvalue weighted by Gasteiger charge is -2.38. The van der Waals surface area contributed by atoms with E-state index in [4.69, 9.17) is 9.47 Å². The molecule has 1 aromatic carbocycles. The number of hydrogen-bond acceptors (Lipinski definition) is 6. The van der Waals surface area contributed by atoms with E-state index < -0.39 is 30.1 Å². The van der Waals surface area contributed by atoms with E-state index in [0.717, 1.165) is 19.3 Å². The maximum Gasteiger partial charge on any atom is 0.338 e. The Morgan fingerprint density at radius 2 is 1.59 bits per heavy atom. The monoisotopic (exact) mass is 447 g/mol. The molecule has 0 bridgehead atoms. The van der Waals surface area contributed by atoms with Crippen LogP contribution in [0, 0.1) is 0 Å². The van der Waals surface area contributed by atoms with Crippen molar-refractivity contribution in [3.05, 3.63) is 29.8 Å². The van der Waals surface area contributed by atoms with Crippen LogP contribution in [0.25, 0.3) is 0 Å². The largest absolute Gasteiger partial charge is 0.484 e. The molecule has 0 aliphatic carbocycles. The van der Waals surface area contributed by atoms with Crippen LogP contribution in [-0.4, -0.2) is 59.6 Å². The molecule has 1 fully saturated rings. The van der Waals surface area contributed by atoms with Crippen LogP contribution in [0.1, 0.15) is 64.2 Å². The summed E-state index contributed by atoms with van der Waals surface area (Å²) in [7, 11) is 0. The normalized spacial score (nSPS) is 18.5. The van der Waals surface area contributed by atoms with E-state index in [1.54, 1.807) is 32.9 Å². The minimum Gasteiger partial charge on any atom is -0.484 e. The van der Waals surface area contributed by atoms with Crippen LogP contribution in [0.4, 0.5) is 4.79 Å². The van der Waals surface area contributed by atoms with Crippen LogP contribution in [0.3, 0.4) is 0 Å². The first kappa shape index (κ1) is 25.2. The predicted octanol–water partition coefficient (Wildman–Crippen LogP) is 2.64. The van der Waals surface area contributed by atoms with E-state index >= 15 is 0 Å². The number of nitrogens with one attached hydrogen (secondary N) is 2. The van der Waals surface area contributed by atoms with Gasteiger partial charge in [-0.05, 0) is 78.1 Å². The van der Waals surface area contributed by atoms with Gasteiger partial charge in [0.25, 0.3) is 11.8 Å². The molecular formula is C23H33N3O6. The van der Waals surface area contributed by atoms with Gasteiger partial charge in [-0.15, -0.1) is 0 Å². The van der Waals surface area contributed by atoms with Gasteiger partial charge in [0.2, 0.25) is 0 Å². The Kier molecular flexibility index (Phi) is 8.63. The molecule has 1 aliphatic heterocycles. The summed E-state index contributed by atoms with van der Waals surface area (Å²) in [6, 6.07) is 5.82. The quantitative estimate of drug-likeness (QED) is 0.648. The molecule has 1 aromatic rings. The van der Waals surface area contributed by atoms with Crippen LogP contribution in [-0.2, 0) is 14.3 Å². The van der Waals surface area contributed by atoms with Crippen molar-refractivity contribution in [2.75, 3.05) is 13.2 Å². The first-order chi connectivity index (χ1) is 15.0. The molecule has 2 rings (SSSR count). The van der Waals surface area contributed by atoms with E-state index in [2.05, 4.69) is 10.6 Å². The molecule has 32 heavy (non-hydrogen) atoms. The highest BCUT2D eigenvalue weighted by molar-refractivity contribution is 5.97. The second-order valence-corrected chi connectivity index (χ2v) is 9.07. The second-order valence-electron chi connectivity index (χ2n) is 9.07. The molecule has 2 atom stereocenters. The lowest BCUT2D eigenvalue weighted by Crippen LogP contribution is -2.49. The fourth-order valence-electron chi connectivity index (χ4n) is 3.57. The summed E-state index contributed by atoms with van der Waals surface area (Å²) in [5.74, 6) is -1.06. The van der Waals surface area contributed by atoms with Gasteiger partial charge in [-0.25, -0.2) is 9.59 Å². The summed E-state index contributed by atoms with van der Waals surface area (Å²) in [5.41, 5.74) is -0.284. The van der Waals surface area contributed by atoms with Crippen LogP contribution in [0.15, 0.2) is 24.3 Å². The zero-order chi connectivity index (χ0) is 23.9. The highest BCUT2D eigenvalue weighted by Crippen LogP contribution is 2.23. The van der Waals surface area contributed by atoms with E-state index in [0.29, 0.717) is 5.75 Å².